The van der Waals surface area contributed by atoms with E-state index in [9.17, 15) is 4.79 Å². The van der Waals surface area contributed by atoms with Crippen LogP contribution in [0.5, 0.6) is 0 Å². The molecule has 0 aliphatic carbocycles. The van der Waals surface area contributed by atoms with Gasteiger partial charge in [-0.15, -0.1) is 0 Å². The van der Waals surface area contributed by atoms with Gasteiger partial charge in [0.1, 0.15) is 0 Å². The zero-order chi connectivity index (χ0) is 19.4. The molecule has 0 aliphatic rings. The zero-order valence-corrected chi connectivity index (χ0v) is 17.3. The number of nitrogens with one attached hydrogen (secondary N) is 1. The Kier molecular flexibility index (Phi) is 6.11. The van der Waals surface area contributed by atoms with Crippen molar-refractivity contribution in [1.29, 1.82) is 0 Å². The molecule has 5 heteroatoms. The number of carbonyl (C=O) groups excluding carboxylic acids is 1. The lowest BCUT2D eigenvalue weighted by Gasteiger charge is -2.07. The maximum absolute atomic E-state index is 12.2. The third kappa shape index (κ3) is 5.07. The summed E-state index contributed by atoms with van der Waals surface area (Å²) in [4.78, 5) is 16.5. The van der Waals surface area contributed by atoms with Crippen molar-refractivity contribution >= 4 is 27.5 Å². The Morgan fingerprint density at radius 3 is 2.59 bits per heavy atom. The van der Waals surface area contributed by atoms with Crippen LogP contribution in [0, 0.1) is 6.92 Å². The van der Waals surface area contributed by atoms with Crippen LogP contribution in [0.4, 0.5) is 5.69 Å². The van der Waals surface area contributed by atoms with Gasteiger partial charge in [-0.05, 0) is 52.0 Å². The number of benzene rings is 2. The quantitative estimate of drug-likeness (QED) is 0.517. The number of halogens is 1. The standard InChI is InChI=1S/C22H23BrN2O2/c1-14(2)16-5-7-17(8-6-16)20-13-24-22(27-20)11-10-21(26)25-19-9-4-15(3)12-18(19)23/h4-9,12-14H,10-11H2,1-3H3,(H,25,26). The topological polar surface area (TPSA) is 55.1 Å². The van der Waals surface area contributed by atoms with E-state index >= 15 is 0 Å². The number of aromatic nitrogens is 1. The summed E-state index contributed by atoms with van der Waals surface area (Å²) in [6.07, 6.45) is 2.49. The number of nitrogens with zero attached hydrogens (tertiary/aromatic N) is 1. The first-order valence-electron chi connectivity index (χ1n) is 9.03. The fourth-order valence-electron chi connectivity index (χ4n) is 2.75. The predicted octanol–water partition coefficient (Wildman–Crippen LogP) is 6.11. The Bertz CT molecular complexity index is 930. The highest BCUT2D eigenvalue weighted by atomic mass is 79.9. The molecule has 0 atom stereocenters. The molecule has 0 radical (unpaired) electrons. The molecule has 0 saturated carbocycles. The fraction of sp³-hybridized carbons (Fsp3) is 0.273. The zero-order valence-electron chi connectivity index (χ0n) is 15.8. The van der Waals surface area contributed by atoms with Crippen LogP contribution in [0.1, 0.15) is 43.2 Å². The highest BCUT2D eigenvalue weighted by molar-refractivity contribution is 9.10. The average Bonchev–Trinajstić information content (AvgIpc) is 3.11. The number of aryl methyl sites for hydroxylation is 2. The number of hydrogen-bond donors (Lipinski definition) is 1. The Labute approximate surface area is 168 Å². The molecule has 4 nitrogen and oxygen atoms in total. The molecule has 1 heterocycles. The number of amides is 1. The molecule has 27 heavy (non-hydrogen) atoms. The van der Waals surface area contributed by atoms with E-state index < -0.39 is 0 Å². The van der Waals surface area contributed by atoms with Crippen LogP contribution in [-0.2, 0) is 11.2 Å². The first-order valence-corrected chi connectivity index (χ1v) is 9.82. The number of hydrogen-bond acceptors (Lipinski definition) is 3. The van der Waals surface area contributed by atoms with Crippen molar-refractivity contribution in [2.24, 2.45) is 0 Å². The van der Waals surface area contributed by atoms with Crippen LogP contribution in [0.15, 0.2) is 57.6 Å². The predicted molar refractivity (Wildman–Crippen MR) is 112 cm³/mol. The van der Waals surface area contributed by atoms with Gasteiger partial charge in [-0.1, -0.05) is 44.2 Å². The smallest absolute Gasteiger partial charge is 0.224 e. The van der Waals surface area contributed by atoms with Crippen LogP contribution in [0.25, 0.3) is 11.3 Å². The van der Waals surface area contributed by atoms with Gasteiger partial charge >= 0.3 is 0 Å². The van der Waals surface area contributed by atoms with E-state index in [0.717, 1.165) is 27.0 Å². The van der Waals surface area contributed by atoms with Gasteiger partial charge in [0.05, 0.1) is 11.9 Å². The molecule has 0 unspecified atom stereocenters. The molecule has 2 aromatic carbocycles. The summed E-state index contributed by atoms with van der Waals surface area (Å²) >= 11 is 3.47. The van der Waals surface area contributed by atoms with E-state index in [0.29, 0.717) is 24.7 Å². The van der Waals surface area contributed by atoms with Gasteiger partial charge in [0.2, 0.25) is 5.91 Å². The fourth-order valence-corrected chi connectivity index (χ4v) is 3.34. The van der Waals surface area contributed by atoms with Crippen molar-refractivity contribution in [3.8, 4) is 11.3 Å². The Morgan fingerprint density at radius 1 is 1.19 bits per heavy atom. The second-order valence-electron chi connectivity index (χ2n) is 6.93. The van der Waals surface area contributed by atoms with Crippen LogP contribution < -0.4 is 5.32 Å². The van der Waals surface area contributed by atoms with Gasteiger partial charge in [0, 0.05) is 22.9 Å². The minimum atomic E-state index is -0.0689. The number of oxazole rings is 1. The van der Waals surface area contributed by atoms with Crippen LogP contribution in [0.3, 0.4) is 0 Å². The number of rotatable bonds is 6. The maximum atomic E-state index is 12.2. The Hall–Kier alpha value is -2.40. The molecule has 0 spiro atoms. The highest BCUT2D eigenvalue weighted by Gasteiger charge is 2.11. The minimum Gasteiger partial charge on any atom is -0.441 e. The number of anilines is 1. The Balaban J connectivity index is 1.58. The Morgan fingerprint density at radius 2 is 1.93 bits per heavy atom. The lowest BCUT2D eigenvalue weighted by molar-refractivity contribution is -0.116. The summed E-state index contributed by atoms with van der Waals surface area (Å²) in [6, 6.07) is 14.1. The van der Waals surface area contributed by atoms with Crippen LogP contribution in [0.2, 0.25) is 0 Å². The SMILES string of the molecule is Cc1ccc(NC(=O)CCc2ncc(-c3ccc(C(C)C)cc3)o2)c(Br)c1. The van der Waals surface area contributed by atoms with Crippen LogP contribution >= 0.6 is 15.9 Å². The molecule has 1 aromatic heterocycles. The van der Waals surface area contributed by atoms with Crippen molar-refractivity contribution in [1.82, 2.24) is 4.98 Å². The van der Waals surface area contributed by atoms with E-state index in [2.05, 4.69) is 52.2 Å². The summed E-state index contributed by atoms with van der Waals surface area (Å²) in [5.41, 5.74) is 4.18. The van der Waals surface area contributed by atoms with Gasteiger partial charge in [0.15, 0.2) is 11.7 Å². The average molecular weight is 427 g/mol. The largest absolute Gasteiger partial charge is 0.441 e. The lowest BCUT2D eigenvalue weighted by Crippen LogP contribution is -2.12. The highest BCUT2D eigenvalue weighted by Crippen LogP contribution is 2.25. The summed E-state index contributed by atoms with van der Waals surface area (Å²) < 4.78 is 6.68. The molecule has 0 bridgehead atoms. The number of carbonyl (C=O) groups is 1. The molecule has 3 rings (SSSR count). The third-order valence-electron chi connectivity index (χ3n) is 4.38. The van der Waals surface area contributed by atoms with Gasteiger partial charge in [-0.25, -0.2) is 4.98 Å². The molecule has 0 saturated heterocycles. The van der Waals surface area contributed by atoms with Crippen molar-refractivity contribution in [3.05, 3.63) is 70.2 Å². The summed E-state index contributed by atoms with van der Waals surface area (Å²) in [5, 5.41) is 2.91. The van der Waals surface area contributed by atoms with E-state index in [1.807, 2.05) is 37.3 Å². The van der Waals surface area contributed by atoms with Crippen LogP contribution in [-0.4, -0.2) is 10.9 Å². The lowest BCUT2D eigenvalue weighted by atomic mass is 10.0. The van der Waals surface area contributed by atoms with Gasteiger partial charge in [0.25, 0.3) is 0 Å². The molecular formula is C22H23BrN2O2. The van der Waals surface area contributed by atoms with Gasteiger partial charge in [-0.2, -0.15) is 0 Å². The molecule has 140 valence electrons. The van der Waals surface area contributed by atoms with E-state index in [-0.39, 0.29) is 5.91 Å². The normalized spacial score (nSPS) is 11.0. The van der Waals surface area contributed by atoms with Gasteiger partial charge in [-0.3, -0.25) is 4.79 Å². The van der Waals surface area contributed by atoms with Crippen molar-refractivity contribution in [2.45, 2.75) is 39.5 Å². The first kappa shape index (κ1) is 19.4. The first-order chi connectivity index (χ1) is 12.9. The monoisotopic (exact) mass is 426 g/mol. The summed E-state index contributed by atoms with van der Waals surface area (Å²) in [6.45, 7) is 6.34. The van der Waals surface area contributed by atoms with E-state index in [1.54, 1.807) is 6.20 Å². The van der Waals surface area contributed by atoms with Crippen molar-refractivity contribution < 1.29 is 9.21 Å². The second kappa shape index (κ2) is 8.53. The van der Waals surface area contributed by atoms with Crippen molar-refractivity contribution in [2.75, 3.05) is 5.32 Å². The molecule has 0 fully saturated rings. The molecule has 0 aliphatic heterocycles. The maximum Gasteiger partial charge on any atom is 0.224 e. The molecule has 3 aromatic rings. The molecule has 1 amide bonds. The van der Waals surface area contributed by atoms with E-state index in [4.69, 9.17) is 4.42 Å². The third-order valence-corrected chi connectivity index (χ3v) is 5.04. The molecule has 1 N–H and O–H groups in total. The minimum absolute atomic E-state index is 0.0689. The van der Waals surface area contributed by atoms with E-state index in [1.165, 1.54) is 5.56 Å². The summed E-state index contributed by atoms with van der Waals surface area (Å²) in [5.74, 6) is 1.72. The summed E-state index contributed by atoms with van der Waals surface area (Å²) in [7, 11) is 0. The van der Waals surface area contributed by atoms with Crippen molar-refractivity contribution in [3.63, 3.8) is 0 Å². The van der Waals surface area contributed by atoms with Gasteiger partial charge < -0.3 is 9.73 Å². The molecular weight excluding hydrogens is 404 g/mol. The second-order valence-corrected chi connectivity index (χ2v) is 7.78.